The number of carbonyl (C=O) groups is 1. The zero-order valence-electron chi connectivity index (χ0n) is 14.8. The van der Waals surface area contributed by atoms with Gasteiger partial charge in [0, 0.05) is 25.2 Å². The standard InChI is InChI=1S/C21H23N3O2/c22-15-18-11-12-23-20(14-18)26-19-9-5-13-24(16-19)21(25)10-4-8-17-6-2-1-3-7-17/h1-3,6-7,11-12,14,19H,4-5,8-10,13,16H2/t19-/m1/s1. The molecule has 134 valence electrons. The summed E-state index contributed by atoms with van der Waals surface area (Å²) in [5.74, 6) is 0.639. The van der Waals surface area contributed by atoms with Crippen molar-refractivity contribution in [1.29, 1.82) is 5.26 Å². The minimum absolute atomic E-state index is 0.0664. The largest absolute Gasteiger partial charge is 0.472 e. The molecule has 0 radical (unpaired) electrons. The van der Waals surface area contributed by atoms with Crippen LogP contribution in [0.3, 0.4) is 0 Å². The predicted octanol–water partition coefficient (Wildman–Crippen LogP) is 3.35. The van der Waals surface area contributed by atoms with Crippen LogP contribution in [0.15, 0.2) is 48.7 Å². The summed E-state index contributed by atoms with van der Waals surface area (Å²) in [4.78, 5) is 18.6. The van der Waals surface area contributed by atoms with Crippen LogP contribution in [0, 0.1) is 11.3 Å². The number of benzene rings is 1. The van der Waals surface area contributed by atoms with E-state index >= 15 is 0 Å². The van der Waals surface area contributed by atoms with Crippen molar-refractivity contribution in [2.24, 2.45) is 0 Å². The third kappa shape index (κ3) is 5.06. The van der Waals surface area contributed by atoms with Crippen LogP contribution >= 0.6 is 0 Å². The number of rotatable bonds is 6. The SMILES string of the molecule is N#Cc1ccnc(O[C@@H]2CCCN(C(=O)CCCc3ccccc3)C2)c1. The fraction of sp³-hybridized carbons (Fsp3) is 0.381. The summed E-state index contributed by atoms with van der Waals surface area (Å²) in [6, 6.07) is 15.6. The van der Waals surface area contributed by atoms with Gasteiger partial charge in [0.15, 0.2) is 0 Å². The molecule has 0 N–H and O–H groups in total. The highest BCUT2D eigenvalue weighted by Crippen LogP contribution is 2.18. The second-order valence-corrected chi connectivity index (χ2v) is 6.56. The van der Waals surface area contributed by atoms with E-state index in [1.165, 1.54) is 5.56 Å². The molecule has 0 saturated carbocycles. The average molecular weight is 349 g/mol. The number of likely N-dealkylation sites (tertiary alicyclic amines) is 1. The van der Waals surface area contributed by atoms with Crippen LogP contribution in [-0.2, 0) is 11.2 Å². The molecule has 0 spiro atoms. The smallest absolute Gasteiger partial charge is 0.222 e. The van der Waals surface area contributed by atoms with Crippen LogP contribution in [0.4, 0.5) is 0 Å². The lowest BCUT2D eigenvalue weighted by atomic mass is 10.1. The average Bonchev–Trinajstić information content (AvgIpc) is 2.69. The van der Waals surface area contributed by atoms with Gasteiger partial charge < -0.3 is 9.64 Å². The first-order chi connectivity index (χ1) is 12.7. The Bertz CT molecular complexity index is 770. The van der Waals surface area contributed by atoms with Crippen molar-refractivity contribution in [2.45, 2.75) is 38.2 Å². The van der Waals surface area contributed by atoms with E-state index in [4.69, 9.17) is 10.00 Å². The van der Waals surface area contributed by atoms with Gasteiger partial charge >= 0.3 is 0 Å². The van der Waals surface area contributed by atoms with E-state index < -0.39 is 0 Å². The van der Waals surface area contributed by atoms with Crippen LogP contribution in [-0.4, -0.2) is 35.0 Å². The first-order valence-corrected chi connectivity index (χ1v) is 9.09. The number of hydrogen-bond donors (Lipinski definition) is 0. The zero-order valence-corrected chi connectivity index (χ0v) is 14.8. The second kappa shape index (κ2) is 9.00. The lowest BCUT2D eigenvalue weighted by Crippen LogP contribution is -2.44. The fourth-order valence-electron chi connectivity index (χ4n) is 3.22. The number of nitrogens with zero attached hydrogens (tertiary/aromatic N) is 3. The van der Waals surface area contributed by atoms with E-state index in [1.807, 2.05) is 23.1 Å². The summed E-state index contributed by atoms with van der Waals surface area (Å²) in [5, 5.41) is 8.96. The summed E-state index contributed by atoms with van der Waals surface area (Å²) in [6.45, 7) is 1.37. The molecule has 2 aromatic rings. The van der Waals surface area contributed by atoms with Gasteiger partial charge in [0.2, 0.25) is 11.8 Å². The molecule has 1 aliphatic rings. The summed E-state index contributed by atoms with van der Waals surface area (Å²) in [5.41, 5.74) is 1.79. The summed E-state index contributed by atoms with van der Waals surface area (Å²) >= 11 is 0. The Morgan fingerprint density at radius 2 is 2.15 bits per heavy atom. The molecule has 26 heavy (non-hydrogen) atoms. The van der Waals surface area contributed by atoms with E-state index in [1.54, 1.807) is 18.3 Å². The number of nitriles is 1. The van der Waals surface area contributed by atoms with E-state index in [0.717, 1.165) is 32.2 Å². The van der Waals surface area contributed by atoms with Gasteiger partial charge in [-0.2, -0.15) is 5.26 Å². The highest BCUT2D eigenvalue weighted by atomic mass is 16.5. The van der Waals surface area contributed by atoms with Gasteiger partial charge in [-0.15, -0.1) is 0 Å². The van der Waals surface area contributed by atoms with Gasteiger partial charge in [0.25, 0.3) is 0 Å². The lowest BCUT2D eigenvalue weighted by molar-refractivity contribution is -0.133. The maximum Gasteiger partial charge on any atom is 0.222 e. The molecule has 1 amide bonds. The Labute approximate surface area is 154 Å². The minimum Gasteiger partial charge on any atom is -0.472 e. The maximum atomic E-state index is 12.5. The highest BCUT2D eigenvalue weighted by molar-refractivity contribution is 5.76. The van der Waals surface area contributed by atoms with Gasteiger partial charge in [-0.1, -0.05) is 30.3 Å². The van der Waals surface area contributed by atoms with Crippen molar-refractivity contribution in [3.63, 3.8) is 0 Å². The van der Waals surface area contributed by atoms with Gasteiger partial charge in [-0.05, 0) is 37.3 Å². The van der Waals surface area contributed by atoms with Crippen molar-refractivity contribution in [3.8, 4) is 11.9 Å². The van der Waals surface area contributed by atoms with Crippen LogP contribution < -0.4 is 4.74 Å². The number of pyridine rings is 1. The molecular weight excluding hydrogens is 326 g/mol. The molecule has 5 nitrogen and oxygen atoms in total. The number of ether oxygens (including phenoxy) is 1. The molecular formula is C21H23N3O2. The molecule has 1 aliphatic heterocycles. The number of hydrogen-bond acceptors (Lipinski definition) is 4. The van der Waals surface area contributed by atoms with Crippen LogP contribution in [0.1, 0.15) is 36.8 Å². The number of aryl methyl sites for hydroxylation is 1. The van der Waals surface area contributed by atoms with Crippen molar-refractivity contribution < 1.29 is 9.53 Å². The van der Waals surface area contributed by atoms with Gasteiger partial charge in [0.1, 0.15) is 6.10 Å². The van der Waals surface area contributed by atoms with Crippen LogP contribution in [0.25, 0.3) is 0 Å². The fourth-order valence-corrected chi connectivity index (χ4v) is 3.22. The van der Waals surface area contributed by atoms with Gasteiger partial charge in [-0.25, -0.2) is 4.98 Å². The molecule has 0 aliphatic carbocycles. The Morgan fingerprint density at radius 3 is 2.96 bits per heavy atom. The highest BCUT2D eigenvalue weighted by Gasteiger charge is 2.24. The third-order valence-corrected chi connectivity index (χ3v) is 4.58. The molecule has 1 aromatic carbocycles. The minimum atomic E-state index is -0.0664. The first kappa shape index (κ1) is 17.9. The second-order valence-electron chi connectivity index (χ2n) is 6.56. The Balaban J connectivity index is 1.48. The van der Waals surface area contributed by atoms with Crippen molar-refractivity contribution in [3.05, 3.63) is 59.8 Å². The third-order valence-electron chi connectivity index (χ3n) is 4.58. The number of piperidine rings is 1. The van der Waals surface area contributed by atoms with E-state index in [9.17, 15) is 4.79 Å². The van der Waals surface area contributed by atoms with Crippen molar-refractivity contribution >= 4 is 5.91 Å². The lowest BCUT2D eigenvalue weighted by Gasteiger charge is -2.32. The molecule has 1 atom stereocenters. The van der Waals surface area contributed by atoms with Gasteiger partial charge in [0.05, 0.1) is 18.2 Å². The summed E-state index contributed by atoms with van der Waals surface area (Å²) in [6.07, 6.45) is 5.66. The molecule has 1 saturated heterocycles. The molecule has 0 bridgehead atoms. The van der Waals surface area contributed by atoms with E-state index in [2.05, 4.69) is 23.2 Å². The molecule has 1 fully saturated rings. The predicted molar refractivity (Wildman–Crippen MR) is 98.6 cm³/mol. The van der Waals surface area contributed by atoms with E-state index in [0.29, 0.717) is 24.4 Å². The Morgan fingerprint density at radius 1 is 1.31 bits per heavy atom. The van der Waals surface area contributed by atoms with Gasteiger partial charge in [-0.3, -0.25) is 4.79 Å². The Hall–Kier alpha value is -2.87. The monoisotopic (exact) mass is 349 g/mol. The molecule has 2 heterocycles. The van der Waals surface area contributed by atoms with Crippen molar-refractivity contribution in [2.75, 3.05) is 13.1 Å². The molecule has 0 unspecified atom stereocenters. The number of aromatic nitrogens is 1. The first-order valence-electron chi connectivity index (χ1n) is 9.09. The molecule has 3 rings (SSSR count). The van der Waals surface area contributed by atoms with Crippen molar-refractivity contribution in [1.82, 2.24) is 9.88 Å². The van der Waals surface area contributed by atoms with E-state index in [-0.39, 0.29) is 12.0 Å². The Kier molecular flexibility index (Phi) is 6.21. The summed E-state index contributed by atoms with van der Waals surface area (Å²) < 4.78 is 5.90. The normalized spacial score (nSPS) is 16.7. The number of amides is 1. The zero-order chi connectivity index (χ0) is 18.2. The number of carbonyl (C=O) groups excluding carboxylic acids is 1. The molecule has 1 aromatic heterocycles. The topological polar surface area (TPSA) is 66.2 Å². The maximum absolute atomic E-state index is 12.5. The quantitative estimate of drug-likeness (QED) is 0.802. The van der Waals surface area contributed by atoms with Crippen LogP contribution in [0.5, 0.6) is 5.88 Å². The molecule has 5 heteroatoms. The summed E-state index contributed by atoms with van der Waals surface area (Å²) in [7, 11) is 0. The van der Waals surface area contributed by atoms with Crippen LogP contribution in [0.2, 0.25) is 0 Å².